The Balaban J connectivity index is 2.82. The van der Waals surface area contributed by atoms with Crippen LogP contribution < -0.4 is 0 Å². The fraction of sp³-hybridized carbons (Fsp3) is 0.941. The molecule has 2 heteroatoms. The van der Waals surface area contributed by atoms with Gasteiger partial charge in [0.05, 0.1) is 5.92 Å². The van der Waals surface area contributed by atoms with E-state index < -0.39 is 5.97 Å². The molecule has 1 rings (SSSR count). The van der Waals surface area contributed by atoms with Crippen LogP contribution in [0, 0.1) is 34.5 Å². The molecule has 0 saturated heterocycles. The molecule has 3 unspecified atom stereocenters. The topological polar surface area (TPSA) is 37.3 Å². The lowest BCUT2D eigenvalue weighted by Crippen LogP contribution is -2.31. The molecule has 0 aromatic carbocycles. The average molecular weight is 268 g/mol. The van der Waals surface area contributed by atoms with Gasteiger partial charge in [-0.05, 0) is 47.8 Å². The SMILES string of the molecule is CC(C1CC(CC(C)(C)C)C[C@@H]1C(=O)O)C(C)(C)C. The Morgan fingerprint density at radius 2 is 1.68 bits per heavy atom. The highest BCUT2D eigenvalue weighted by Gasteiger charge is 2.44. The van der Waals surface area contributed by atoms with Crippen LogP contribution in [0.1, 0.15) is 67.7 Å². The predicted octanol–water partition coefficient (Wildman–Crippen LogP) is 4.83. The molecule has 19 heavy (non-hydrogen) atoms. The van der Waals surface area contributed by atoms with E-state index in [2.05, 4.69) is 48.5 Å². The second-order valence-corrected chi connectivity index (χ2v) is 8.87. The van der Waals surface area contributed by atoms with Crippen LogP contribution in [0.3, 0.4) is 0 Å². The van der Waals surface area contributed by atoms with E-state index in [0.717, 1.165) is 19.3 Å². The highest BCUT2D eigenvalue weighted by atomic mass is 16.4. The Bertz CT molecular complexity index is 319. The summed E-state index contributed by atoms with van der Waals surface area (Å²) in [6, 6.07) is 0. The van der Waals surface area contributed by atoms with Gasteiger partial charge < -0.3 is 5.11 Å². The first-order valence-electron chi connectivity index (χ1n) is 7.64. The molecule has 1 fully saturated rings. The zero-order valence-electron chi connectivity index (χ0n) is 13.8. The second kappa shape index (κ2) is 5.46. The molecule has 0 radical (unpaired) electrons. The van der Waals surface area contributed by atoms with Gasteiger partial charge in [0.1, 0.15) is 0 Å². The fourth-order valence-corrected chi connectivity index (χ4v) is 3.69. The predicted molar refractivity (Wildman–Crippen MR) is 80.0 cm³/mol. The molecular weight excluding hydrogens is 236 g/mol. The molecule has 2 nitrogen and oxygen atoms in total. The molecular formula is C17H32O2. The molecule has 1 saturated carbocycles. The number of hydrogen-bond donors (Lipinski definition) is 1. The van der Waals surface area contributed by atoms with Gasteiger partial charge in [0, 0.05) is 0 Å². The molecule has 0 spiro atoms. The lowest BCUT2D eigenvalue weighted by Gasteiger charge is -2.34. The molecule has 4 atom stereocenters. The molecule has 0 aromatic rings. The highest BCUT2D eigenvalue weighted by molar-refractivity contribution is 5.70. The minimum absolute atomic E-state index is 0.137. The summed E-state index contributed by atoms with van der Waals surface area (Å²) in [5, 5.41) is 9.51. The van der Waals surface area contributed by atoms with E-state index in [1.807, 2.05) is 0 Å². The summed E-state index contributed by atoms with van der Waals surface area (Å²) in [6.07, 6.45) is 3.11. The normalized spacial score (nSPS) is 30.4. The van der Waals surface area contributed by atoms with Gasteiger partial charge in [-0.25, -0.2) is 0 Å². The molecule has 0 amide bonds. The van der Waals surface area contributed by atoms with Crippen LogP contribution in [-0.4, -0.2) is 11.1 Å². The van der Waals surface area contributed by atoms with Crippen molar-refractivity contribution in [3.63, 3.8) is 0 Å². The Morgan fingerprint density at radius 1 is 1.16 bits per heavy atom. The van der Waals surface area contributed by atoms with Crippen LogP contribution in [-0.2, 0) is 4.79 Å². The van der Waals surface area contributed by atoms with E-state index in [1.54, 1.807) is 0 Å². The van der Waals surface area contributed by atoms with Gasteiger partial charge >= 0.3 is 5.97 Å². The van der Waals surface area contributed by atoms with Crippen LogP contribution >= 0.6 is 0 Å². The number of aliphatic carboxylic acids is 1. The van der Waals surface area contributed by atoms with Crippen LogP contribution in [0.25, 0.3) is 0 Å². The van der Waals surface area contributed by atoms with Crippen molar-refractivity contribution in [2.45, 2.75) is 67.7 Å². The zero-order chi connectivity index (χ0) is 15.0. The van der Waals surface area contributed by atoms with Gasteiger partial charge in [-0.1, -0.05) is 48.5 Å². The van der Waals surface area contributed by atoms with Crippen LogP contribution in [0.5, 0.6) is 0 Å². The molecule has 112 valence electrons. The van der Waals surface area contributed by atoms with Crippen molar-refractivity contribution < 1.29 is 9.90 Å². The lowest BCUT2D eigenvalue weighted by molar-refractivity contribution is -0.144. The first-order valence-corrected chi connectivity index (χ1v) is 7.64. The maximum Gasteiger partial charge on any atom is 0.306 e. The molecule has 1 aliphatic rings. The van der Waals surface area contributed by atoms with Gasteiger partial charge in [0.15, 0.2) is 0 Å². The summed E-state index contributed by atoms with van der Waals surface area (Å²) in [4.78, 5) is 11.6. The van der Waals surface area contributed by atoms with Gasteiger partial charge in [0.25, 0.3) is 0 Å². The summed E-state index contributed by atoms with van der Waals surface area (Å²) < 4.78 is 0. The summed E-state index contributed by atoms with van der Waals surface area (Å²) in [7, 11) is 0. The zero-order valence-corrected chi connectivity index (χ0v) is 13.8. The monoisotopic (exact) mass is 268 g/mol. The molecule has 0 heterocycles. The van der Waals surface area contributed by atoms with Crippen LogP contribution in [0.4, 0.5) is 0 Å². The lowest BCUT2D eigenvalue weighted by atomic mass is 9.70. The van der Waals surface area contributed by atoms with Crippen LogP contribution in [0.2, 0.25) is 0 Å². The molecule has 0 aromatic heterocycles. The van der Waals surface area contributed by atoms with Gasteiger partial charge in [-0.15, -0.1) is 0 Å². The van der Waals surface area contributed by atoms with E-state index in [-0.39, 0.29) is 11.3 Å². The maximum absolute atomic E-state index is 11.6. The average Bonchev–Trinajstić information content (AvgIpc) is 2.56. The van der Waals surface area contributed by atoms with Crippen molar-refractivity contribution in [2.75, 3.05) is 0 Å². The Kier molecular flexibility index (Phi) is 4.75. The largest absolute Gasteiger partial charge is 0.481 e. The third-order valence-electron chi connectivity index (χ3n) is 4.94. The number of hydrogen-bond acceptors (Lipinski definition) is 1. The van der Waals surface area contributed by atoms with E-state index in [1.165, 1.54) is 0 Å². The quantitative estimate of drug-likeness (QED) is 0.796. The van der Waals surface area contributed by atoms with Crippen molar-refractivity contribution in [2.24, 2.45) is 34.5 Å². The number of carboxylic acids is 1. The van der Waals surface area contributed by atoms with E-state index in [4.69, 9.17) is 0 Å². The molecule has 0 bridgehead atoms. The Hall–Kier alpha value is -0.530. The summed E-state index contributed by atoms with van der Waals surface area (Å²) in [5.74, 6) is 0.651. The van der Waals surface area contributed by atoms with Crippen LogP contribution in [0.15, 0.2) is 0 Å². The Morgan fingerprint density at radius 3 is 2.05 bits per heavy atom. The summed E-state index contributed by atoms with van der Waals surface area (Å²) in [6.45, 7) is 15.7. The summed E-state index contributed by atoms with van der Waals surface area (Å²) >= 11 is 0. The van der Waals surface area contributed by atoms with Crippen molar-refractivity contribution in [1.29, 1.82) is 0 Å². The molecule has 1 N–H and O–H groups in total. The van der Waals surface area contributed by atoms with Gasteiger partial charge in [0.2, 0.25) is 0 Å². The van der Waals surface area contributed by atoms with Gasteiger partial charge in [-0.3, -0.25) is 4.79 Å². The van der Waals surface area contributed by atoms with Crippen molar-refractivity contribution in [3.8, 4) is 0 Å². The smallest absolute Gasteiger partial charge is 0.306 e. The summed E-state index contributed by atoms with van der Waals surface area (Å²) in [5.41, 5.74) is 0.489. The first-order chi connectivity index (χ1) is 8.42. The Labute approximate surface area is 119 Å². The number of carbonyl (C=O) groups is 1. The first kappa shape index (κ1) is 16.5. The number of rotatable bonds is 3. The van der Waals surface area contributed by atoms with Crippen molar-refractivity contribution in [3.05, 3.63) is 0 Å². The van der Waals surface area contributed by atoms with Crippen molar-refractivity contribution in [1.82, 2.24) is 0 Å². The standard InChI is InChI=1S/C17H32O2/c1-11(17(5,6)7)13-8-12(10-16(2,3)4)9-14(13)15(18)19/h11-14H,8-10H2,1-7H3,(H,18,19)/t11?,12?,13?,14-/m0/s1. The van der Waals surface area contributed by atoms with Crippen molar-refractivity contribution >= 4 is 5.97 Å². The third kappa shape index (κ3) is 4.50. The molecule has 1 aliphatic carbocycles. The minimum Gasteiger partial charge on any atom is -0.481 e. The maximum atomic E-state index is 11.6. The fourth-order valence-electron chi connectivity index (χ4n) is 3.69. The van der Waals surface area contributed by atoms with E-state index in [9.17, 15) is 9.90 Å². The van der Waals surface area contributed by atoms with Gasteiger partial charge in [-0.2, -0.15) is 0 Å². The number of carboxylic acid groups (broad SMARTS) is 1. The van der Waals surface area contributed by atoms with E-state index in [0.29, 0.717) is 23.2 Å². The minimum atomic E-state index is -0.586. The molecule has 0 aliphatic heterocycles. The second-order valence-electron chi connectivity index (χ2n) is 8.87. The third-order valence-corrected chi connectivity index (χ3v) is 4.94. The highest BCUT2D eigenvalue weighted by Crippen LogP contribution is 2.49. The van der Waals surface area contributed by atoms with E-state index >= 15 is 0 Å².